The Labute approximate surface area is 196 Å². The molecular weight excluding hydrogens is 442 g/mol. The molecule has 0 spiro atoms. The Morgan fingerprint density at radius 1 is 1.12 bits per heavy atom. The molecule has 1 heterocycles. The van der Waals surface area contributed by atoms with Crippen molar-refractivity contribution in [2.24, 2.45) is 0 Å². The second kappa shape index (κ2) is 12.1. The number of thiazole rings is 1. The maximum absolute atomic E-state index is 12.6. The van der Waals surface area contributed by atoms with Gasteiger partial charge in [0.2, 0.25) is 11.8 Å². The predicted octanol–water partition coefficient (Wildman–Crippen LogP) is 4.78. The summed E-state index contributed by atoms with van der Waals surface area (Å²) in [6.45, 7) is 4.02. The molecule has 0 aliphatic heterocycles. The zero-order valence-electron chi connectivity index (χ0n) is 17.8. The molecule has 32 heavy (non-hydrogen) atoms. The predicted molar refractivity (Wildman–Crippen MR) is 131 cm³/mol. The monoisotopic (exact) mass is 467 g/mol. The van der Waals surface area contributed by atoms with Crippen LogP contribution >= 0.6 is 23.1 Å². The molecule has 0 radical (unpaired) electrons. The van der Waals surface area contributed by atoms with Gasteiger partial charge in [-0.15, -0.1) is 6.58 Å². The molecule has 2 N–H and O–H groups in total. The van der Waals surface area contributed by atoms with Gasteiger partial charge in [-0.3, -0.25) is 9.59 Å². The van der Waals surface area contributed by atoms with E-state index in [1.54, 1.807) is 13.2 Å². The van der Waals surface area contributed by atoms with Gasteiger partial charge in [0.15, 0.2) is 4.34 Å². The van der Waals surface area contributed by atoms with Crippen molar-refractivity contribution in [2.75, 3.05) is 24.7 Å². The number of thioether (sulfide) groups is 1. The minimum absolute atomic E-state index is 0.0816. The number of anilines is 1. The van der Waals surface area contributed by atoms with E-state index in [4.69, 9.17) is 4.74 Å². The third-order valence-corrected chi connectivity index (χ3v) is 6.59. The number of nitrogens with zero attached hydrogens (tertiary/aromatic N) is 1. The molecule has 0 fully saturated rings. The summed E-state index contributed by atoms with van der Waals surface area (Å²) < 4.78 is 5.89. The lowest BCUT2D eigenvalue weighted by Gasteiger charge is -2.06. The van der Waals surface area contributed by atoms with Crippen LogP contribution in [0, 0.1) is 0 Å². The number of rotatable bonds is 11. The van der Waals surface area contributed by atoms with Gasteiger partial charge >= 0.3 is 0 Å². The second-order valence-electron chi connectivity index (χ2n) is 6.80. The highest BCUT2D eigenvalue weighted by atomic mass is 32.2. The molecule has 1 aromatic heterocycles. The maximum atomic E-state index is 12.6. The van der Waals surface area contributed by atoms with Crippen LogP contribution in [0.25, 0.3) is 11.3 Å². The molecule has 0 atom stereocenters. The van der Waals surface area contributed by atoms with Crippen LogP contribution in [0.4, 0.5) is 5.00 Å². The number of ether oxygens (including phenoxy) is 1. The third-order valence-electron chi connectivity index (χ3n) is 4.48. The van der Waals surface area contributed by atoms with Crippen molar-refractivity contribution >= 4 is 39.9 Å². The highest BCUT2D eigenvalue weighted by molar-refractivity contribution is 8.01. The lowest BCUT2D eigenvalue weighted by Crippen LogP contribution is -2.24. The topological polar surface area (TPSA) is 80.3 Å². The second-order valence-corrected chi connectivity index (χ2v) is 9.02. The Balaban J connectivity index is 1.67. The van der Waals surface area contributed by atoms with Gasteiger partial charge in [0.05, 0.1) is 12.9 Å². The van der Waals surface area contributed by atoms with Crippen molar-refractivity contribution in [3.8, 4) is 17.0 Å². The van der Waals surface area contributed by atoms with E-state index >= 15 is 0 Å². The van der Waals surface area contributed by atoms with E-state index in [0.717, 1.165) is 21.2 Å². The number of benzene rings is 2. The average Bonchev–Trinajstić information content (AvgIpc) is 3.23. The first-order chi connectivity index (χ1) is 15.6. The van der Waals surface area contributed by atoms with Crippen molar-refractivity contribution < 1.29 is 14.3 Å². The van der Waals surface area contributed by atoms with Crippen LogP contribution in [0.2, 0.25) is 0 Å². The summed E-state index contributed by atoms with van der Waals surface area (Å²) in [6.07, 6.45) is 2.62. The quantitative estimate of drug-likeness (QED) is 0.313. The molecule has 0 unspecified atom stereocenters. The van der Waals surface area contributed by atoms with Crippen molar-refractivity contribution in [1.29, 1.82) is 0 Å². The summed E-state index contributed by atoms with van der Waals surface area (Å²) in [5, 5.41) is 6.44. The maximum Gasteiger partial charge on any atom is 0.230 e. The van der Waals surface area contributed by atoms with E-state index in [1.165, 1.54) is 23.1 Å². The highest BCUT2D eigenvalue weighted by Gasteiger charge is 2.17. The van der Waals surface area contributed by atoms with Crippen molar-refractivity contribution in [3.63, 3.8) is 0 Å². The van der Waals surface area contributed by atoms with Crippen LogP contribution in [-0.2, 0) is 16.0 Å². The summed E-state index contributed by atoms with van der Waals surface area (Å²) in [5.74, 6) is 0.873. The van der Waals surface area contributed by atoms with Gasteiger partial charge in [0, 0.05) is 18.5 Å². The zero-order valence-corrected chi connectivity index (χ0v) is 19.4. The number of aromatic nitrogens is 1. The third kappa shape index (κ3) is 6.96. The van der Waals surface area contributed by atoms with Crippen LogP contribution < -0.4 is 15.4 Å². The number of aryl methyl sites for hydroxylation is 1. The highest BCUT2D eigenvalue weighted by Crippen LogP contribution is 2.37. The van der Waals surface area contributed by atoms with Crippen LogP contribution in [0.15, 0.2) is 71.6 Å². The van der Waals surface area contributed by atoms with Gasteiger partial charge in [0.1, 0.15) is 16.4 Å². The molecule has 0 bridgehead atoms. The smallest absolute Gasteiger partial charge is 0.230 e. The number of amides is 2. The normalized spacial score (nSPS) is 10.4. The van der Waals surface area contributed by atoms with Crippen molar-refractivity contribution in [2.45, 2.75) is 17.2 Å². The van der Waals surface area contributed by atoms with Crippen molar-refractivity contribution in [3.05, 3.63) is 72.8 Å². The number of hydrogen-bond acceptors (Lipinski definition) is 6. The number of hydrogen-bond donors (Lipinski definition) is 2. The Morgan fingerprint density at radius 2 is 1.88 bits per heavy atom. The lowest BCUT2D eigenvalue weighted by atomic mass is 10.1. The molecule has 0 saturated carbocycles. The molecule has 8 heteroatoms. The molecule has 2 amide bonds. The Morgan fingerprint density at radius 3 is 2.56 bits per heavy atom. The lowest BCUT2D eigenvalue weighted by molar-refractivity contribution is -0.118. The summed E-state index contributed by atoms with van der Waals surface area (Å²) in [6, 6.07) is 17.4. The Kier molecular flexibility index (Phi) is 8.89. The van der Waals surface area contributed by atoms with Crippen LogP contribution in [0.3, 0.4) is 0 Å². The molecule has 3 aromatic rings. The van der Waals surface area contributed by atoms with Gasteiger partial charge in [-0.2, -0.15) is 0 Å². The van der Waals surface area contributed by atoms with E-state index in [2.05, 4.69) is 22.2 Å². The average molecular weight is 468 g/mol. The summed E-state index contributed by atoms with van der Waals surface area (Å²) in [5.41, 5.74) is 2.69. The number of nitrogens with one attached hydrogen (secondary N) is 2. The van der Waals surface area contributed by atoms with E-state index in [-0.39, 0.29) is 17.6 Å². The van der Waals surface area contributed by atoms with E-state index in [1.807, 2.05) is 54.6 Å². The van der Waals surface area contributed by atoms with Crippen LogP contribution in [0.1, 0.15) is 12.0 Å². The van der Waals surface area contributed by atoms with E-state index in [0.29, 0.717) is 30.1 Å². The molecule has 0 aliphatic rings. The summed E-state index contributed by atoms with van der Waals surface area (Å²) in [4.78, 5) is 29.2. The fourth-order valence-electron chi connectivity index (χ4n) is 2.84. The Hall–Kier alpha value is -3.10. The standard InChI is InChI=1S/C24H25N3O3S2/c1-3-15-25-21(29)16-31-24-27-22(18-7-5-4-6-8-18)23(32-24)26-20(28)14-11-17-9-12-19(30-2)13-10-17/h3-10,12-13H,1,11,14-16H2,2H3,(H,25,29)(H,26,28). The van der Waals surface area contributed by atoms with Crippen LogP contribution in [-0.4, -0.2) is 36.2 Å². The molecule has 3 rings (SSSR count). The summed E-state index contributed by atoms with van der Waals surface area (Å²) >= 11 is 2.73. The zero-order chi connectivity index (χ0) is 22.8. The molecule has 0 saturated heterocycles. The van der Waals surface area contributed by atoms with Gasteiger partial charge < -0.3 is 15.4 Å². The molecule has 0 aliphatic carbocycles. The minimum Gasteiger partial charge on any atom is -0.497 e. The number of methoxy groups -OCH3 is 1. The number of carbonyl (C=O) groups is 2. The number of carbonyl (C=O) groups excluding carboxylic acids is 2. The molecular formula is C24H25N3O3S2. The van der Waals surface area contributed by atoms with E-state index in [9.17, 15) is 9.59 Å². The van der Waals surface area contributed by atoms with Crippen LogP contribution in [0.5, 0.6) is 5.75 Å². The fraction of sp³-hybridized carbons (Fsp3) is 0.208. The largest absolute Gasteiger partial charge is 0.497 e. The first kappa shape index (κ1) is 23.6. The first-order valence-electron chi connectivity index (χ1n) is 10.1. The molecule has 2 aromatic carbocycles. The summed E-state index contributed by atoms with van der Waals surface area (Å²) in [7, 11) is 1.63. The van der Waals surface area contributed by atoms with Gasteiger partial charge in [-0.1, -0.05) is 71.6 Å². The van der Waals surface area contributed by atoms with Gasteiger partial charge in [0.25, 0.3) is 0 Å². The van der Waals surface area contributed by atoms with Gasteiger partial charge in [-0.25, -0.2) is 4.98 Å². The molecule has 166 valence electrons. The Bertz CT molecular complexity index is 1050. The SMILES string of the molecule is C=CCNC(=O)CSc1nc(-c2ccccc2)c(NC(=O)CCc2ccc(OC)cc2)s1. The first-order valence-corrected chi connectivity index (χ1v) is 11.9. The van der Waals surface area contributed by atoms with Crippen molar-refractivity contribution in [1.82, 2.24) is 10.3 Å². The van der Waals surface area contributed by atoms with Gasteiger partial charge in [-0.05, 0) is 24.1 Å². The van der Waals surface area contributed by atoms with E-state index < -0.39 is 0 Å². The fourth-order valence-corrected chi connectivity index (χ4v) is 4.75. The molecule has 6 nitrogen and oxygen atoms in total. The minimum atomic E-state index is -0.0866.